The molecule has 0 bridgehead atoms. The van der Waals surface area contributed by atoms with Crippen molar-refractivity contribution in [2.75, 3.05) is 26.7 Å². The number of hydrogen-bond donors (Lipinski definition) is 0. The van der Waals surface area contributed by atoms with Crippen LogP contribution < -0.4 is 0 Å². The first-order valence-electron chi connectivity index (χ1n) is 6.07. The zero-order valence-corrected chi connectivity index (χ0v) is 10.2. The third-order valence-electron chi connectivity index (χ3n) is 3.33. The first-order valence-corrected chi connectivity index (χ1v) is 6.07. The number of nitrogens with zero attached hydrogens (tertiary/aromatic N) is 3. The molecule has 1 saturated heterocycles. The maximum Gasteiger partial charge on any atom is 0.308 e. The van der Waals surface area contributed by atoms with Gasteiger partial charge in [0.25, 0.3) is 0 Å². The van der Waals surface area contributed by atoms with Crippen LogP contribution in [0.25, 0.3) is 0 Å². The molecule has 1 aromatic rings. The largest absolute Gasteiger partial charge is 0.469 e. The molecule has 0 spiro atoms. The second kappa shape index (κ2) is 5.82. The molecule has 0 saturated carbocycles. The normalized spacial score (nSPS) is 18.2. The Hall–Kier alpha value is -1.36. The van der Waals surface area contributed by atoms with Crippen molar-refractivity contribution < 1.29 is 9.53 Å². The van der Waals surface area contributed by atoms with Crippen LogP contribution in [0.3, 0.4) is 0 Å². The quantitative estimate of drug-likeness (QED) is 0.726. The molecule has 0 amide bonds. The molecule has 2 rings (SSSR count). The molecule has 5 nitrogen and oxygen atoms in total. The van der Waals surface area contributed by atoms with Crippen molar-refractivity contribution in [1.29, 1.82) is 0 Å². The van der Waals surface area contributed by atoms with E-state index in [-0.39, 0.29) is 11.9 Å². The average molecular weight is 237 g/mol. The number of piperidine rings is 1. The van der Waals surface area contributed by atoms with Gasteiger partial charge in [-0.2, -0.15) is 5.10 Å². The van der Waals surface area contributed by atoms with Crippen LogP contribution in [0.1, 0.15) is 12.8 Å². The molecule has 0 N–H and O–H groups in total. The van der Waals surface area contributed by atoms with E-state index in [0.717, 1.165) is 39.0 Å². The number of likely N-dealkylation sites (tertiary alicyclic amines) is 1. The lowest BCUT2D eigenvalue weighted by molar-refractivity contribution is -0.147. The highest BCUT2D eigenvalue weighted by atomic mass is 16.5. The van der Waals surface area contributed by atoms with Gasteiger partial charge in [-0.3, -0.25) is 9.48 Å². The first kappa shape index (κ1) is 12.1. The Kier molecular flexibility index (Phi) is 4.14. The van der Waals surface area contributed by atoms with E-state index in [0.29, 0.717) is 0 Å². The van der Waals surface area contributed by atoms with E-state index in [2.05, 4.69) is 10.00 Å². The molecule has 2 heterocycles. The number of carbonyl (C=O) groups is 1. The highest BCUT2D eigenvalue weighted by molar-refractivity contribution is 5.72. The lowest BCUT2D eigenvalue weighted by Gasteiger charge is -2.30. The molecule has 1 aliphatic heterocycles. The SMILES string of the molecule is COC(=O)C1CCN(CCn2cccn2)CC1. The fourth-order valence-corrected chi connectivity index (χ4v) is 2.24. The summed E-state index contributed by atoms with van der Waals surface area (Å²) in [6.07, 6.45) is 5.59. The van der Waals surface area contributed by atoms with E-state index in [9.17, 15) is 4.79 Å². The minimum atomic E-state index is -0.0586. The summed E-state index contributed by atoms with van der Waals surface area (Å²) in [5, 5.41) is 4.17. The standard InChI is InChI=1S/C12H19N3O2/c1-17-12(16)11-3-7-14(8-4-11)9-10-15-6-2-5-13-15/h2,5-6,11H,3-4,7-10H2,1H3. The summed E-state index contributed by atoms with van der Waals surface area (Å²) >= 11 is 0. The molecule has 1 aromatic heterocycles. The number of carbonyl (C=O) groups excluding carboxylic acids is 1. The summed E-state index contributed by atoms with van der Waals surface area (Å²) in [4.78, 5) is 13.7. The number of ether oxygens (including phenoxy) is 1. The number of rotatable bonds is 4. The van der Waals surface area contributed by atoms with Crippen LogP contribution >= 0.6 is 0 Å². The van der Waals surface area contributed by atoms with Gasteiger partial charge in [0.05, 0.1) is 19.6 Å². The molecule has 0 aliphatic carbocycles. The van der Waals surface area contributed by atoms with Crippen LogP contribution in [0, 0.1) is 5.92 Å². The van der Waals surface area contributed by atoms with Gasteiger partial charge in [-0.25, -0.2) is 0 Å². The maximum atomic E-state index is 11.4. The zero-order valence-electron chi connectivity index (χ0n) is 10.2. The van der Waals surface area contributed by atoms with Gasteiger partial charge < -0.3 is 9.64 Å². The van der Waals surface area contributed by atoms with Crippen molar-refractivity contribution in [1.82, 2.24) is 14.7 Å². The van der Waals surface area contributed by atoms with Crippen LogP contribution in [0.4, 0.5) is 0 Å². The van der Waals surface area contributed by atoms with E-state index in [1.165, 1.54) is 7.11 Å². The molecule has 0 atom stereocenters. The van der Waals surface area contributed by atoms with Gasteiger partial charge in [0.2, 0.25) is 0 Å². The van der Waals surface area contributed by atoms with Crippen LogP contribution in [0.2, 0.25) is 0 Å². The molecule has 0 aromatic carbocycles. The minimum absolute atomic E-state index is 0.0586. The van der Waals surface area contributed by atoms with Gasteiger partial charge in [-0.1, -0.05) is 0 Å². The van der Waals surface area contributed by atoms with Gasteiger partial charge in [0.1, 0.15) is 0 Å². The van der Waals surface area contributed by atoms with Crippen LogP contribution in [-0.4, -0.2) is 47.4 Å². The topological polar surface area (TPSA) is 47.4 Å². The summed E-state index contributed by atoms with van der Waals surface area (Å²) in [6, 6.07) is 1.93. The summed E-state index contributed by atoms with van der Waals surface area (Å²) in [5.41, 5.74) is 0. The van der Waals surface area contributed by atoms with Crippen molar-refractivity contribution >= 4 is 5.97 Å². The van der Waals surface area contributed by atoms with Crippen molar-refractivity contribution in [2.45, 2.75) is 19.4 Å². The minimum Gasteiger partial charge on any atom is -0.469 e. The Morgan fingerprint density at radius 1 is 1.41 bits per heavy atom. The lowest BCUT2D eigenvalue weighted by atomic mass is 9.97. The third-order valence-corrected chi connectivity index (χ3v) is 3.33. The van der Waals surface area contributed by atoms with Gasteiger partial charge in [0, 0.05) is 18.9 Å². The van der Waals surface area contributed by atoms with Crippen LogP contribution in [-0.2, 0) is 16.1 Å². The Bertz CT molecular complexity index is 343. The molecule has 0 unspecified atom stereocenters. The van der Waals surface area contributed by atoms with E-state index >= 15 is 0 Å². The number of esters is 1. The van der Waals surface area contributed by atoms with Crippen LogP contribution in [0.15, 0.2) is 18.5 Å². The molecule has 94 valence electrons. The summed E-state index contributed by atoms with van der Waals surface area (Å²) in [7, 11) is 1.46. The molecular formula is C12H19N3O2. The molecule has 1 fully saturated rings. The summed E-state index contributed by atoms with van der Waals surface area (Å²) in [6.45, 7) is 3.85. The van der Waals surface area contributed by atoms with Crippen molar-refractivity contribution in [3.63, 3.8) is 0 Å². The predicted molar refractivity (Wildman–Crippen MR) is 63.4 cm³/mol. The molecule has 17 heavy (non-hydrogen) atoms. The van der Waals surface area contributed by atoms with E-state index in [4.69, 9.17) is 4.74 Å². The first-order chi connectivity index (χ1) is 8.29. The fourth-order valence-electron chi connectivity index (χ4n) is 2.24. The average Bonchev–Trinajstić information content (AvgIpc) is 2.89. The number of hydrogen-bond acceptors (Lipinski definition) is 4. The highest BCUT2D eigenvalue weighted by Gasteiger charge is 2.25. The molecule has 0 radical (unpaired) electrons. The van der Waals surface area contributed by atoms with Gasteiger partial charge in [0.15, 0.2) is 0 Å². The Balaban J connectivity index is 1.70. The van der Waals surface area contributed by atoms with E-state index in [1.54, 1.807) is 6.20 Å². The van der Waals surface area contributed by atoms with E-state index in [1.807, 2.05) is 16.9 Å². The zero-order chi connectivity index (χ0) is 12.1. The Labute approximate surface area is 101 Å². The third kappa shape index (κ3) is 3.30. The van der Waals surface area contributed by atoms with E-state index < -0.39 is 0 Å². The monoisotopic (exact) mass is 237 g/mol. The molecular weight excluding hydrogens is 218 g/mol. The lowest BCUT2D eigenvalue weighted by Crippen LogP contribution is -2.38. The maximum absolute atomic E-state index is 11.4. The van der Waals surface area contributed by atoms with Crippen molar-refractivity contribution in [2.24, 2.45) is 5.92 Å². The Morgan fingerprint density at radius 3 is 2.76 bits per heavy atom. The fraction of sp³-hybridized carbons (Fsp3) is 0.667. The van der Waals surface area contributed by atoms with Gasteiger partial charge in [-0.05, 0) is 32.0 Å². The highest BCUT2D eigenvalue weighted by Crippen LogP contribution is 2.18. The molecule has 1 aliphatic rings. The second-order valence-electron chi connectivity index (χ2n) is 4.41. The number of methoxy groups -OCH3 is 1. The van der Waals surface area contributed by atoms with Gasteiger partial charge in [-0.15, -0.1) is 0 Å². The van der Waals surface area contributed by atoms with Gasteiger partial charge >= 0.3 is 5.97 Å². The summed E-state index contributed by atoms with van der Waals surface area (Å²) in [5.74, 6) is 0.0395. The molecule has 5 heteroatoms. The Morgan fingerprint density at radius 2 is 2.18 bits per heavy atom. The predicted octanol–water partition coefficient (Wildman–Crippen LogP) is 0.768. The van der Waals surface area contributed by atoms with Crippen LogP contribution in [0.5, 0.6) is 0 Å². The van der Waals surface area contributed by atoms with Crippen molar-refractivity contribution in [3.8, 4) is 0 Å². The summed E-state index contributed by atoms with van der Waals surface area (Å²) < 4.78 is 6.71. The second-order valence-corrected chi connectivity index (χ2v) is 4.41. The smallest absolute Gasteiger partial charge is 0.308 e. The van der Waals surface area contributed by atoms with Crippen molar-refractivity contribution in [3.05, 3.63) is 18.5 Å². The number of aromatic nitrogens is 2.